The molecule has 0 saturated carbocycles. The summed E-state index contributed by atoms with van der Waals surface area (Å²) in [5.74, 6) is -1.32. The van der Waals surface area contributed by atoms with Crippen molar-refractivity contribution in [3.8, 4) is 11.5 Å². The van der Waals surface area contributed by atoms with Crippen LogP contribution in [-0.2, 0) is 30.9 Å². The largest absolute Gasteiger partial charge is 0.504 e. The zero-order chi connectivity index (χ0) is 26.1. The van der Waals surface area contributed by atoms with E-state index in [1.165, 1.54) is 6.92 Å². The number of aliphatic hydroxyl groups is 2. The smallest absolute Gasteiger partial charge is 0.357 e. The molecule has 0 radical (unpaired) electrons. The van der Waals surface area contributed by atoms with Crippen molar-refractivity contribution in [2.75, 3.05) is 13.6 Å². The lowest BCUT2D eigenvalue weighted by Crippen LogP contribution is -2.74. The average molecular weight is 508 g/mol. The normalized spacial score (nSPS) is 30.9. The first-order valence-electron chi connectivity index (χ1n) is 12.5. The van der Waals surface area contributed by atoms with Crippen molar-refractivity contribution in [3.05, 3.63) is 71.0 Å². The maximum atomic E-state index is 13.5. The molecule has 1 saturated heterocycles. The summed E-state index contributed by atoms with van der Waals surface area (Å²) in [4.78, 5) is 27.8. The second kappa shape index (κ2) is 8.31. The molecule has 2 aliphatic heterocycles. The van der Waals surface area contributed by atoms with Crippen LogP contribution in [0.2, 0.25) is 0 Å². The summed E-state index contributed by atoms with van der Waals surface area (Å²) in [6.45, 7) is 1.95. The van der Waals surface area contributed by atoms with Crippen molar-refractivity contribution in [1.29, 1.82) is 0 Å². The number of carbonyl (C=O) groups excluding carboxylic acids is 2. The van der Waals surface area contributed by atoms with Gasteiger partial charge in [-0.05, 0) is 51.1 Å². The molecule has 0 amide bonds. The maximum Gasteiger partial charge on any atom is 0.357 e. The highest BCUT2D eigenvalue weighted by molar-refractivity contribution is 5.83. The summed E-state index contributed by atoms with van der Waals surface area (Å²) in [5.41, 5.74) is 0.0716. The van der Waals surface area contributed by atoms with E-state index in [2.05, 4.69) is 4.90 Å². The minimum Gasteiger partial charge on any atom is -0.504 e. The predicted octanol–water partition coefficient (Wildman–Crippen LogP) is 1.88. The van der Waals surface area contributed by atoms with Gasteiger partial charge in [0, 0.05) is 23.6 Å². The second-order valence-corrected chi connectivity index (χ2v) is 10.4. The van der Waals surface area contributed by atoms with E-state index in [-0.39, 0.29) is 24.0 Å². The highest BCUT2D eigenvalue weighted by Gasteiger charge is 2.72. The van der Waals surface area contributed by atoms with Crippen LogP contribution in [0.5, 0.6) is 11.5 Å². The molecule has 2 aromatic carbocycles. The van der Waals surface area contributed by atoms with Gasteiger partial charge in [0.2, 0.25) is 6.10 Å². The number of esters is 2. The number of hydrogen-bond donors (Lipinski definition) is 3. The van der Waals surface area contributed by atoms with E-state index in [1.807, 2.05) is 13.1 Å². The topological polar surface area (TPSA) is 126 Å². The Hall–Kier alpha value is -3.40. The highest BCUT2D eigenvalue weighted by Crippen LogP contribution is 2.65. The Bertz CT molecular complexity index is 1310. The minimum absolute atomic E-state index is 0.0269. The number of likely N-dealkylation sites (tertiary alicyclic amines) is 1. The summed E-state index contributed by atoms with van der Waals surface area (Å²) in [6.07, 6.45) is -0.638. The fraction of sp³-hybridized carbons (Fsp3) is 0.429. The summed E-state index contributed by atoms with van der Waals surface area (Å²) in [5, 5.41) is 32.5. The zero-order valence-electron chi connectivity index (χ0n) is 20.6. The number of nitrogens with zero attached hydrogens (tertiary/aromatic N) is 1. The van der Waals surface area contributed by atoms with Crippen LogP contribution in [0.1, 0.15) is 42.6 Å². The molecule has 0 unspecified atom stereocenters. The van der Waals surface area contributed by atoms with Crippen molar-refractivity contribution < 1.29 is 39.1 Å². The van der Waals surface area contributed by atoms with Gasteiger partial charge in [0.25, 0.3) is 0 Å². The number of aromatic hydroxyl groups is 1. The standard InChI is InChI=1S/C28H29NO8/c1-15(30)25(32)37-22(16-6-4-3-5-7-16)26(33)35-19-10-11-28(34)20-14-17-8-9-18(31)23-21(17)27(28,24(19)36-23)12-13-29(20)2/h3-10,15,20,22,24,30-31,34H,11-14H2,1-2H3/t15-,20-,22-,24-,27-,28+/m0/s1. The van der Waals surface area contributed by atoms with Crippen LogP contribution >= 0.6 is 0 Å². The SMILES string of the molecule is C[C@H](O)C(=O)O[C@H](C(=O)OC1=CC[C@@]2(O)[C@@H]3Cc4ccc(O)c5c4[C@@]2(CCN3C)[C@H]1O5)c1ccccc1. The molecule has 2 heterocycles. The molecule has 9 nitrogen and oxygen atoms in total. The van der Waals surface area contributed by atoms with Crippen molar-refractivity contribution in [3.63, 3.8) is 0 Å². The van der Waals surface area contributed by atoms with Crippen molar-refractivity contribution in [2.45, 2.75) is 61.6 Å². The molecule has 194 valence electrons. The third-order valence-corrected chi connectivity index (χ3v) is 8.46. The van der Waals surface area contributed by atoms with E-state index in [4.69, 9.17) is 14.2 Å². The van der Waals surface area contributed by atoms with Gasteiger partial charge in [-0.1, -0.05) is 36.4 Å². The van der Waals surface area contributed by atoms with E-state index in [9.17, 15) is 24.9 Å². The van der Waals surface area contributed by atoms with E-state index in [0.717, 1.165) is 11.1 Å². The molecule has 1 fully saturated rings. The van der Waals surface area contributed by atoms with Crippen LogP contribution in [0.25, 0.3) is 0 Å². The Balaban J connectivity index is 1.39. The Morgan fingerprint density at radius 3 is 2.65 bits per heavy atom. The van der Waals surface area contributed by atoms with Crippen LogP contribution < -0.4 is 4.74 Å². The molecule has 1 spiro atoms. The fourth-order valence-corrected chi connectivity index (χ4v) is 6.70. The van der Waals surface area contributed by atoms with Crippen molar-refractivity contribution in [1.82, 2.24) is 4.90 Å². The Morgan fingerprint density at radius 2 is 1.92 bits per heavy atom. The first-order chi connectivity index (χ1) is 17.7. The third-order valence-electron chi connectivity index (χ3n) is 8.46. The first kappa shape index (κ1) is 24.0. The molecule has 3 N–H and O–H groups in total. The summed E-state index contributed by atoms with van der Waals surface area (Å²) >= 11 is 0. The van der Waals surface area contributed by atoms with Gasteiger partial charge in [-0.2, -0.15) is 0 Å². The zero-order valence-corrected chi connectivity index (χ0v) is 20.6. The molecular weight excluding hydrogens is 478 g/mol. The van der Waals surface area contributed by atoms with Crippen LogP contribution in [-0.4, -0.2) is 69.6 Å². The summed E-state index contributed by atoms with van der Waals surface area (Å²) < 4.78 is 17.5. The molecule has 9 heteroatoms. The van der Waals surface area contributed by atoms with Crippen LogP contribution in [0.4, 0.5) is 0 Å². The number of hydrogen-bond acceptors (Lipinski definition) is 9. The molecule has 2 bridgehead atoms. The number of likely N-dealkylation sites (N-methyl/N-ethyl adjacent to an activating group) is 1. The van der Waals surface area contributed by atoms with E-state index in [1.54, 1.807) is 42.5 Å². The highest BCUT2D eigenvalue weighted by atomic mass is 16.6. The van der Waals surface area contributed by atoms with E-state index >= 15 is 0 Å². The van der Waals surface area contributed by atoms with Gasteiger partial charge < -0.3 is 34.4 Å². The quantitative estimate of drug-likeness (QED) is 0.520. The lowest BCUT2D eigenvalue weighted by atomic mass is 9.50. The lowest BCUT2D eigenvalue weighted by Gasteiger charge is -2.61. The number of carbonyl (C=O) groups is 2. The van der Waals surface area contributed by atoms with Gasteiger partial charge in [-0.25, -0.2) is 9.59 Å². The van der Waals surface area contributed by atoms with Gasteiger partial charge in [0.1, 0.15) is 11.9 Å². The monoisotopic (exact) mass is 507 g/mol. The molecule has 2 aliphatic carbocycles. The predicted molar refractivity (Wildman–Crippen MR) is 130 cm³/mol. The van der Waals surface area contributed by atoms with Crippen molar-refractivity contribution >= 4 is 11.9 Å². The number of aliphatic hydroxyl groups excluding tert-OH is 1. The van der Waals surface area contributed by atoms with Crippen LogP contribution in [0, 0.1) is 0 Å². The van der Waals surface area contributed by atoms with E-state index < -0.39 is 41.3 Å². The van der Waals surface area contributed by atoms with Crippen molar-refractivity contribution in [2.24, 2.45) is 0 Å². The molecule has 2 aromatic rings. The summed E-state index contributed by atoms with van der Waals surface area (Å²) in [7, 11) is 1.99. The van der Waals surface area contributed by atoms with Gasteiger partial charge in [0.05, 0.1) is 11.0 Å². The maximum absolute atomic E-state index is 13.5. The number of piperidine rings is 1. The number of phenols is 1. The molecule has 4 aliphatic rings. The van der Waals surface area contributed by atoms with Gasteiger partial charge in [0.15, 0.2) is 17.6 Å². The minimum atomic E-state index is -1.42. The Kier molecular flexibility index (Phi) is 5.38. The summed E-state index contributed by atoms with van der Waals surface area (Å²) in [6, 6.07) is 11.7. The number of benzene rings is 2. The third kappa shape index (κ3) is 3.27. The Labute approximate surface area is 213 Å². The molecule has 6 atom stereocenters. The number of ether oxygens (including phenoxy) is 3. The molecule has 37 heavy (non-hydrogen) atoms. The lowest BCUT2D eigenvalue weighted by molar-refractivity contribution is -0.178. The number of phenolic OH excluding ortho intramolecular Hbond substituents is 1. The van der Waals surface area contributed by atoms with Gasteiger partial charge >= 0.3 is 11.9 Å². The number of rotatable bonds is 5. The van der Waals surface area contributed by atoms with Gasteiger partial charge in [-0.3, -0.25) is 0 Å². The van der Waals surface area contributed by atoms with Crippen LogP contribution in [0.15, 0.2) is 54.3 Å². The Morgan fingerprint density at radius 1 is 1.16 bits per heavy atom. The molecular formula is C28H29NO8. The van der Waals surface area contributed by atoms with Crippen LogP contribution in [0.3, 0.4) is 0 Å². The second-order valence-electron chi connectivity index (χ2n) is 10.4. The van der Waals surface area contributed by atoms with E-state index in [0.29, 0.717) is 30.7 Å². The van der Waals surface area contributed by atoms with Gasteiger partial charge in [-0.15, -0.1) is 0 Å². The first-order valence-corrected chi connectivity index (χ1v) is 12.5. The average Bonchev–Trinajstić information content (AvgIpc) is 3.24. The molecule has 6 rings (SSSR count). The fourth-order valence-electron chi connectivity index (χ4n) is 6.70. The molecule has 0 aromatic heterocycles.